The normalized spacial score (nSPS) is 19.5. The molecule has 166 valence electrons. The lowest BCUT2D eigenvalue weighted by atomic mass is 9.77. The molecule has 3 heterocycles. The van der Waals surface area contributed by atoms with Gasteiger partial charge in [0, 0.05) is 17.3 Å². The molecule has 0 aliphatic carbocycles. The van der Waals surface area contributed by atoms with Gasteiger partial charge in [0.25, 0.3) is 0 Å². The fourth-order valence-corrected chi connectivity index (χ4v) is 4.66. The Balaban J connectivity index is 1.37. The lowest BCUT2D eigenvalue weighted by Gasteiger charge is -2.23. The summed E-state index contributed by atoms with van der Waals surface area (Å²) in [4.78, 5) is 27.9. The Morgan fingerprint density at radius 3 is 2.61 bits per heavy atom. The average molecular weight is 450 g/mol. The number of hydrogen-bond donors (Lipinski definition) is 1. The van der Waals surface area contributed by atoms with E-state index < -0.39 is 23.0 Å². The average Bonchev–Trinajstić information content (AvgIpc) is 3.48. The summed E-state index contributed by atoms with van der Waals surface area (Å²) >= 11 is 0. The van der Waals surface area contributed by atoms with Crippen molar-refractivity contribution in [3.63, 3.8) is 0 Å². The van der Waals surface area contributed by atoms with Gasteiger partial charge in [0.1, 0.15) is 24.3 Å². The molecule has 0 saturated carbocycles. The highest BCUT2D eigenvalue weighted by Gasteiger charge is 2.57. The molecule has 6 rings (SSSR count). The van der Waals surface area contributed by atoms with Crippen molar-refractivity contribution in [3.8, 4) is 17.2 Å². The molecule has 0 fully saturated rings. The van der Waals surface area contributed by atoms with Crippen LogP contribution in [0.3, 0.4) is 0 Å². The van der Waals surface area contributed by atoms with Crippen LogP contribution in [0.2, 0.25) is 0 Å². The number of nitrogens with one attached hydrogen (secondary N) is 1. The molecule has 0 radical (unpaired) electrons. The first-order valence-corrected chi connectivity index (χ1v) is 10.2. The number of para-hydroxylation sites is 1. The van der Waals surface area contributed by atoms with Crippen LogP contribution in [0.25, 0.3) is 0 Å². The Labute approximate surface area is 186 Å². The molecule has 2 amide bonds. The number of fused-ring (bicyclic) bond motifs is 5. The van der Waals surface area contributed by atoms with Crippen molar-refractivity contribution in [1.82, 2.24) is 0 Å². The number of nitrogens with zero attached hydrogens (tertiary/aromatic N) is 1. The van der Waals surface area contributed by atoms with Crippen molar-refractivity contribution < 1.29 is 32.6 Å². The lowest BCUT2D eigenvalue weighted by molar-refractivity contribution is -0.124. The van der Waals surface area contributed by atoms with Gasteiger partial charge in [-0.2, -0.15) is 0 Å². The van der Waals surface area contributed by atoms with Gasteiger partial charge in [0.15, 0.2) is 23.1 Å². The van der Waals surface area contributed by atoms with Crippen molar-refractivity contribution in [2.75, 3.05) is 30.2 Å². The lowest BCUT2D eigenvalue weighted by Crippen LogP contribution is -2.45. The summed E-state index contributed by atoms with van der Waals surface area (Å²) in [6.45, 7) is -0.246. The molecule has 0 aromatic heterocycles. The van der Waals surface area contributed by atoms with Crippen LogP contribution in [0.4, 0.5) is 20.2 Å². The second-order valence-corrected chi connectivity index (χ2v) is 7.95. The smallest absolute Gasteiger partial charge is 0.246 e. The highest BCUT2D eigenvalue weighted by Crippen LogP contribution is 2.54. The zero-order chi connectivity index (χ0) is 22.7. The third kappa shape index (κ3) is 2.71. The molecule has 1 atom stereocenters. The fourth-order valence-electron chi connectivity index (χ4n) is 4.66. The summed E-state index contributed by atoms with van der Waals surface area (Å²) in [5, 5.41) is 2.35. The highest BCUT2D eigenvalue weighted by atomic mass is 19.2. The number of hydrogen-bond acceptors (Lipinski definition) is 5. The molecule has 3 aromatic carbocycles. The zero-order valence-corrected chi connectivity index (χ0v) is 17.1. The summed E-state index contributed by atoms with van der Waals surface area (Å²) in [7, 11) is 0. The van der Waals surface area contributed by atoms with Gasteiger partial charge in [-0.1, -0.05) is 24.3 Å². The molecule has 9 heteroatoms. The predicted molar refractivity (Wildman–Crippen MR) is 113 cm³/mol. The zero-order valence-electron chi connectivity index (χ0n) is 17.1. The van der Waals surface area contributed by atoms with E-state index in [1.807, 2.05) is 12.1 Å². The van der Waals surface area contributed by atoms with E-state index in [9.17, 15) is 18.4 Å². The topological polar surface area (TPSA) is 77.1 Å². The van der Waals surface area contributed by atoms with Gasteiger partial charge < -0.3 is 24.4 Å². The molecular weight excluding hydrogens is 434 g/mol. The minimum absolute atomic E-state index is 0.0533. The molecule has 1 spiro atoms. The Kier molecular flexibility index (Phi) is 4.10. The fraction of sp³-hybridized carbons (Fsp3) is 0.167. The van der Waals surface area contributed by atoms with Gasteiger partial charge in [0.2, 0.25) is 18.6 Å². The van der Waals surface area contributed by atoms with Gasteiger partial charge in [-0.15, -0.1) is 0 Å². The summed E-state index contributed by atoms with van der Waals surface area (Å²) in [5.74, 6) is -1.69. The van der Waals surface area contributed by atoms with Crippen molar-refractivity contribution >= 4 is 23.2 Å². The maximum Gasteiger partial charge on any atom is 0.246 e. The molecule has 3 aliphatic heterocycles. The van der Waals surface area contributed by atoms with Gasteiger partial charge in [0.05, 0.1) is 5.69 Å². The number of rotatable bonds is 3. The van der Waals surface area contributed by atoms with E-state index in [2.05, 4.69) is 5.32 Å². The molecule has 3 aliphatic rings. The van der Waals surface area contributed by atoms with Crippen LogP contribution in [-0.2, 0) is 15.0 Å². The molecule has 0 saturated heterocycles. The third-order valence-electron chi connectivity index (χ3n) is 6.17. The monoisotopic (exact) mass is 450 g/mol. The Bertz CT molecular complexity index is 1340. The van der Waals surface area contributed by atoms with Gasteiger partial charge >= 0.3 is 0 Å². The van der Waals surface area contributed by atoms with E-state index in [1.54, 1.807) is 24.3 Å². The summed E-state index contributed by atoms with van der Waals surface area (Å²) < 4.78 is 44.3. The van der Waals surface area contributed by atoms with E-state index >= 15 is 0 Å². The number of halogens is 2. The second-order valence-electron chi connectivity index (χ2n) is 7.95. The number of carbonyl (C=O) groups excluding carboxylic acids is 2. The SMILES string of the molecule is O=C(CN1C(=O)C2(COc3cc4c(cc32)OCO4)c2ccccc21)Nc1cccc(F)c1F. The van der Waals surface area contributed by atoms with Crippen molar-refractivity contribution in [2.24, 2.45) is 0 Å². The van der Waals surface area contributed by atoms with Crippen LogP contribution in [0.1, 0.15) is 11.1 Å². The molecule has 0 bridgehead atoms. The van der Waals surface area contributed by atoms with Crippen LogP contribution >= 0.6 is 0 Å². The van der Waals surface area contributed by atoms with E-state index in [0.29, 0.717) is 34.1 Å². The van der Waals surface area contributed by atoms with Crippen LogP contribution in [-0.4, -0.2) is 31.8 Å². The number of benzene rings is 3. The molecule has 1 N–H and O–H groups in total. The minimum atomic E-state index is -1.16. The highest BCUT2D eigenvalue weighted by molar-refractivity contribution is 6.14. The quantitative estimate of drug-likeness (QED) is 0.662. The molecule has 3 aromatic rings. The van der Waals surface area contributed by atoms with E-state index in [1.165, 1.54) is 17.0 Å². The van der Waals surface area contributed by atoms with E-state index in [4.69, 9.17) is 14.2 Å². The maximum atomic E-state index is 14.0. The number of anilines is 2. The standard InChI is InChI=1S/C24H16F2N2O5/c25-15-5-3-6-16(22(15)26)27-21(29)10-28-17-7-2-1-4-13(17)24(23(28)30)11-31-18-9-20-19(8-14(18)24)32-12-33-20/h1-9H,10-12H2,(H,27,29). The van der Waals surface area contributed by atoms with Crippen molar-refractivity contribution in [1.29, 1.82) is 0 Å². The molecular formula is C24H16F2N2O5. The van der Waals surface area contributed by atoms with Gasteiger partial charge in [-0.25, -0.2) is 8.78 Å². The number of amides is 2. The summed E-state index contributed by atoms with van der Waals surface area (Å²) in [5.41, 5.74) is 0.418. The first-order valence-electron chi connectivity index (χ1n) is 10.2. The van der Waals surface area contributed by atoms with Crippen LogP contribution in [0, 0.1) is 11.6 Å². The number of ether oxygens (including phenoxy) is 3. The third-order valence-corrected chi connectivity index (χ3v) is 6.17. The molecule has 33 heavy (non-hydrogen) atoms. The first kappa shape index (κ1) is 19.5. The molecule has 7 nitrogen and oxygen atoms in total. The second kappa shape index (κ2) is 6.93. The predicted octanol–water partition coefficient (Wildman–Crippen LogP) is 3.36. The van der Waals surface area contributed by atoms with Crippen LogP contribution in [0.5, 0.6) is 17.2 Å². The van der Waals surface area contributed by atoms with Crippen molar-refractivity contribution in [2.45, 2.75) is 5.41 Å². The van der Waals surface area contributed by atoms with E-state index in [0.717, 1.165) is 6.07 Å². The van der Waals surface area contributed by atoms with Gasteiger partial charge in [-0.05, 0) is 29.8 Å². The summed E-state index contributed by atoms with van der Waals surface area (Å²) in [6, 6.07) is 14.1. The first-order chi connectivity index (χ1) is 16.0. The van der Waals surface area contributed by atoms with Gasteiger partial charge in [-0.3, -0.25) is 9.59 Å². The summed E-state index contributed by atoms with van der Waals surface area (Å²) in [6.07, 6.45) is 0. The van der Waals surface area contributed by atoms with Crippen molar-refractivity contribution in [3.05, 3.63) is 77.4 Å². The van der Waals surface area contributed by atoms with Crippen LogP contribution in [0.15, 0.2) is 54.6 Å². The Morgan fingerprint density at radius 1 is 0.970 bits per heavy atom. The number of carbonyl (C=O) groups is 2. The Hall–Kier alpha value is -4.14. The maximum absolute atomic E-state index is 14.0. The van der Waals surface area contributed by atoms with E-state index in [-0.39, 0.29) is 31.5 Å². The minimum Gasteiger partial charge on any atom is -0.491 e. The van der Waals surface area contributed by atoms with Crippen LogP contribution < -0.4 is 24.4 Å². The Morgan fingerprint density at radius 2 is 1.76 bits per heavy atom. The largest absolute Gasteiger partial charge is 0.491 e. The molecule has 1 unspecified atom stereocenters.